The summed E-state index contributed by atoms with van der Waals surface area (Å²) in [6, 6.07) is 3.96. The number of nitrogens with two attached hydrogens (primary N) is 1. The van der Waals surface area contributed by atoms with Gasteiger partial charge >= 0.3 is 5.97 Å². The van der Waals surface area contributed by atoms with Crippen molar-refractivity contribution >= 4 is 27.4 Å². The topological polar surface area (TPSA) is 109 Å². The highest BCUT2D eigenvalue weighted by Gasteiger charge is 2.15. The van der Waals surface area contributed by atoms with Gasteiger partial charge in [-0.25, -0.2) is 13.2 Å². The van der Waals surface area contributed by atoms with Crippen molar-refractivity contribution in [2.75, 3.05) is 16.2 Å². The van der Waals surface area contributed by atoms with Crippen molar-refractivity contribution in [3.8, 4) is 0 Å². The quantitative estimate of drug-likeness (QED) is 0.685. The standard InChI is InChI=1S/C10H14N2O4S/c1-2-5-17(15,16)12-9-6-7(11)3-4-8(9)10(13)14/h3-4,6,12H,2,5,11H2,1H3,(H,13,14). The van der Waals surface area contributed by atoms with Crippen LogP contribution in [0.4, 0.5) is 11.4 Å². The molecule has 0 radical (unpaired) electrons. The molecule has 0 saturated carbocycles. The van der Waals surface area contributed by atoms with Crippen LogP contribution in [0, 0.1) is 0 Å². The second-order valence-corrected chi connectivity index (χ2v) is 5.37. The molecule has 4 N–H and O–H groups in total. The summed E-state index contributed by atoms with van der Waals surface area (Å²) < 4.78 is 25.3. The van der Waals surface area contributed by atoms with Crippen molar-refractivity contribution in [1.82, 2.24) is 0 Å². The van der Waals surface area contributed by atoms with Crippen LogP contribution < -0.4 is 10.5 Å². The molecule has 0 saturated heterocycles. The number of hydrogen-bond acceptors (Lipinski definition) is 4. The number of nitrogen functional groups attached to an aromatic ring is 1. The number of carboxylic acid groups (broad SMARTS) is 1. The minimum atomic E-state index is -3.53. The van der Waals surface area contributed by atoms with E-state index in [1.165, 1.54) is 18.2 Å². The minimum Gasteiger partial charge on any atom is -0.478 e. The molecule has 0 atom stereocenters. The van der Waals surface area contributed by atoms with E-state index in [0.717, 1.165) is 0 Å². The summed E-state index contributed by atoms with van der Waals surface area (Å²) in [5.74, 6) is -1.28. The predicted molar refractivity (Wildman–Crippen MR) is 65.5 cm³/mol. The molecule has 0 amide bonds. The summed E-state index contributed by atoms with van der Waals surface area (Å²) in [5, 5.41) is 8.91. The lowest BCUT2D eigenvalue weighted by Gasteiger charge is -2.10. The van der Waals surface area contributed by atoms with Gasteiger partial charge in [0.1, 0.15) is 0 Å². The normalized spacial score (nSPS) is 11.1. The molecule has 0 unspecified atom stereocenters. The van der Waals surface area contributed by atoms with Crippen LogP contribution in [-0.2, 0) is 10.0 Å². The SMILES string of the molecule is CCCS(=O)(=O)Nc1cc(N)ccc1C(=O)O. The van der Waals surface area contributed by atoms with Gasteiger partial charge in [0, 0.05) is 5.69 Å². The van der Waals surface area contributed by atoms with Crippen LogP contribution in [0.1, 0.15) is 23.7 Å². The number of anilines is 2. The maximum atomic E-state index is 11.5. The minimum absolute atomic E-state index is 0.00838. The molecule has 94 valence electrons. The Morgan fingerprint density at radius 2 is 2.12 bits per heavy atom. The second-order valence-electron chi connectivity index (χ2n) is 3.53. The highest BCUT2D eigenvalue weighted by Crippen LogP contribution is 2.20. The van der Waals surface area contributed by atoms with Crippen molar-refractivity contribution in [2.24, 2.45) is 0 Å². The van der Waals surface area contributed by atoms with Gasteiger partial charge in [0.25, 0.3) is 0 Å². The van der Waals surface area contributed by atoms with E-state index in [1.807, 2.05) is 0 Å². The van der Waals surface area contributed by atoms with E-state index in [1.54, 1.807) is 6.92 Å². The lowest BCUT2D eigenvalue weighted by atomic mass is 10.1. The van der Waals surface area contributed by atoms with E-state index in [9.17, 15) is 13.2 Å². The van der Waals surface area contributed by atoms with Gasteiger partial charge in [-0.05, 0) is 24.6 Å². The maximum Gasteiger partial charge on any atom is 0.337 e. The number of sulfonamides is 1. The average molecular weight is 258 g/mol. The predicted octanol–water partition coefficient (Wildman–Crippen LogP) is 1.12. The van der Waals surface area contributed by atoms with E-state index in [0.29, 0.717) is 12.1 Å². The molecule has 0 heterocycles. The van der Waals surface area contributed by atoms with Gasteiger partial charge in [0.15, 0.2) is 0 Å². The molecule has 6 nitrogen and oxygen atoms in total. The number of aromatic carboxylic acids is 1. The number of carbonyl (C=O) groups is 1. The molecule has 0 aliphatic heterocycles. The first-order chi connectivity index (χ1) is 7.85. The van der Waals surface area contributed by atoms with Crippen LogP contribution in [-0.4, -0.2) is 25.2 Å². The molecular formula is C10H14N2O4S. The molecule has 17 heavy (non-hydrogen) atoms. The zero-order valence-electron chi connectivity index (χ0n) is 9.30. The van der Waals surface area contributed by atoms with Crippen LogP contribution in [0.15, 0.2) is 18.2 Å². The Morgan fingerprint density at radius 3 is 2.65 bits per heavy atom. The molecule has 0 aliphatic carbocycles. The van der Waals surface area contributed by atoms with Gasteiger partial charge in [-0.1, -0.05) is 6.92 Å². The molecule has 0 fully saturated rings. The molecule has 0 aromatic heterocycles. The van der Waals surface area contributed by atoms with E-state index in [2.05, 4.69) is 4.72 Å². The summed E-state index contributed by atoms with van der Waals surface area (Å²) in [7, 11) is -3.53. The Bertz CT molecular complexity index is 525. The summed E-state index contributed by atoms with van der Waals surface area (Å²) >= 11 is 0. The summed E-state index contributed by atoms with van der Waals surface area (Å²) in [5.41, 5.74) is 5.65. The van der Waals surface area contributed by atoms with E-state index < -0.39 is 16.0 Å². The van der Waals surface area contributed by atoms with Crippen molar-refractivity contribution in [2.45, 2.75) is 13.3 Å². The molecule has 0 aliphatic rings. The first kappa shape index (κ1) is 13.3. The van der Waals surface area contributed by atoms with Gasteiger partial charge in [-0.3, -0.25) is 4.72 Å². The molecule has 1 rings (SSSR count). The molecule has 0 bridgehead atoms. The fourth-order valence-electron chi connectivity index (χ4n) is 1.32. The molecule has 7 heteroatoms. The zero-order chi connectivity index (χ0) is 13.1. The third kappa shape index (κ3) is 3.63. The Hall–Kier alpha value is -1.76. The smallest absolute Gasteiger partial charge is 0.337 e. The molecule has 0 spiro atoms. The summed E-state index contributed by atoms with van der Waals surface area (Å²) in [4.78, 5) is 10.9. The van der Waals surface area contributed by atoms with E-state index in [-0.39, 0.29) is 17.0 Å². The van der Waals surface area contributed by atoms with Crippen LogP contribution in [0.3, 0.4) is 0 Å². The van der Waals surface area contributed by atoms with Gasteiger partial charge in [0.05, 0.1) is 17.0 Å². The number of rotatable bonds is 5. The number of hydrogen-bond donors (Lipinski definition) is 3. The highest BCUT2D eigenvalue weighted by molar-refractivity contribution is 7.92. The fraction of sp³-hybridized carbons (Fsp3) is 0.300. The Morgan fingerprint density at radius 1 is 1.47 bits per heavy atom. The third-order valence-electron chi connectivity index (χ3n) is 2.01. The molecular weight excluding hydrogens is 244 g/mol. The largest absolute Gasteiger partial charge is 0.478 e. The number of carboxylic acids is 1. The molecule has 1 aromatic rings. The van der Waals surface area contributed by atoms with E-state index in [4.69, 9.17) is 10.8 Å². The maximum absolute atomic E-state index is 11.5. The van der Waals surface area contributed by atoms with Gasteiger partial charge in [-0.2, -0.15) is 0 Å². The lowest BCUT2D eigenvalue weighted by molar-refractivity contribution is 0.0698. The van der Waals surface area contributed by atoms with Crippen LogP contribution in [0.25, 0.3) is 0 Å². The van der Waals surface area contributed by atoms with Gasteiger partial charge in [-0.15, -0.1) is 0 Å². The van der Waals surface area contributed by atoms with Gasteiger partial charge < -0.3 is 10.8 Å². The van der Waals surface area contributed by atoms with Crippen LogP contribution >= 0.6 is 0 Å². The Labute approximate surface area is 99.5 Å². The average Bonchev–Trinajstić information content (AvgIpc) is 2.15. The molecule has 1 aromatic carbocycles. The summed E-state index contributed by atoms with van der Waals surface area (Å²) in [6.45, 7) is 1.72. The zero-order valence-corrected chi connectivity index (χ0v) is 10.1. The van der Waals surface area contributed by atoms with Crippen LogP contribution in [0.2, 0.25) is 0 Å². The highest BCUT2D eigenvalue weighted by atomic mass is 32.2. The third-order valence-corrected chi connectivity index (χ3v) is 3.49. The lowest BCUT2D eigenvalue weighted by Crippen LogP contribution is -2.18. The fourth-order valence-corrected chi connectivity index (χ4v) is 2.46. The Balaban J connectivity index is 3.13. The van der Waals surface area contributed by atoms with E-state index >= 15 is 0 Å². The number of benzene rings is 1. The van der Waals surface area contributed by atoms with Crippen molar-refractivity contribution < 1.29 is 18.3 Å². The number of nitrogens with one attached hydrogen (secondary N) is 1. The van der Waals surface area contributed by atoms with Crippen LogP contribution in [0.5, 0.6) is 0 Å². The first-order valence-electron chi connectivity index (χ1n) is 4.99. The van der Waals surface area contributed by atoms with Gasteiger partial charge in [0.2, 0.25) is 10.0 Å². The monoisotopic (exact) mass is 258 g/mol. The second kappa shape index (κ2) is 5.05. The summed E-state index contributed by atoms with van der Waals surface area (Å²) in [6.07, 6.45) is 0.444. The van der Waals surface area contributed by atoms with Crippen molar-refractivity contribution in [3.63, 3.8) is 0 Å². The van der Waals surface area contributed by atoms with Crippen molar-refractivity contribution in [3.05, 3.63) is 23.8 Å². The first-order valence-corrected chi connectivity index (χ1v) is 6.64. The van der Waals surface area contributed by atoms with Crippen molar-refractivity contribution in [1.29, 1.82) is 0 Å². The Kier molecular flexibility index (Phi) is 3.95.